The molecule has 1 aliphatic rings. The molecule has 8 heteroatoms. The van der Waals surface area contributed by atoms with Crippen molar-refractivity contribution >= 4 is 10.1 Å². The first-order valence-electron chi connectivity index (χ1n) is 3.76. The van der Waals surface area contributed by atoms with E-state index < -0.39 is 46.5 Å². The van der Waals surface area contributed by atoms with Crippen molar-refractivity contribution < 1.29 is 30.5 Å². The third-order valence-corrected chi connectivity index (χ3v) is 3.33. The lowest BCUT2D eigenvalue weighted by atomic mass is 9.93. The zero-order valence-electron chi connectivity index (χ0n) is 6.74. The van der Waals surface area contributed by atoms with E-state index in [1.165, 1.54) is 0 Å². The Morgan fingerprint density at radius 2 is 1.50 bits per heavy atom. The van der Waals surface area contributed by atoms with Gasteiger partial charge in [0, 0.05) is 6.42 Å². The molecular formula is C6H7F4O3S-. The molecule has 0 radical (unpaired) electrons. The molecule has 0 bridgehead atoms. The molecule has 0 aromatic rings. The summed E-state index contributed by atoms with van der Waals surface area (Å²) in [5, 5.41) is -2.33. The van der Waals surface area contributed by atoms with Gasteiger partial charge in [-0.1, -0.05) is 0 Å². The minimum atomic E-state index is -5.14. The van der Waals surface area contributed by atoms with Crippen molar-refractivity contribution in [3.05, 3.63) is 0 Å². The summed E-state index contributed by atoms with van der Waals surface area (Å²) in [6, 6.07) is 0. The molecule has 3 nitrogen and oxygen atoms in total. The van der Waals surface area contributed by atoms with Gasteiger partial charge in [0.2, 0.25) is 0 Å². The molecule has 14 heavy (non-hydrogen) atoms. The van der Waals surface area contributed by atoms with Gasteiger partial charge in [-0.3, -0.25) is 0 Å². The molecule has 0 N–H and O–H groups in total. The first-order chi connectivity index (χ1) is 6.25. The van der Waals surface area contributed by atoms with Crippen LogP contribution < -0.4 is 0 Å². The van der Waals surface area contributed by atoms with Gasteiger partial charge in [-0.25, -0.2) is 26.0 Å². The second-order valence-electron chi connectivity index (χ2n) is 3.12. The fourth-order valence-corrected chi connectivity index (χ4v) is 2.23. The average Bonchev–Trinajstić information content (AvgIpc) is 2.06. The Kier molecular flexibility index (Phi) is 3.05. The van der Waals surface area contributed by atoms with Crippen molar-refractivity contribution in [2.45, 2.75) is 36.4 Å². The fraction of sp³-hybridized carbons (Fsp3) is 1.00. The topological polar surface area (TPSA) is 57.2 Å². The van der Waals surface area contributed by atoms with Gasteiger partial charge < -0.3 is 4.55 Å². The number of alkyl halides is 4. The average molecular weight is 235 g/mol. The largest absolute Gasteiger partial charge is 0.748 e. The van der Waals surface area contributed by atoms with Crippen LogP contribution >= 0.6 is 0 Å². The lowest BCUT2D eigenvalue weighted by Crippen LogP contribution is -2.51. The zero-order chi connectivity index (χ0) is 11.1. The highest BCUT2D eigenvalue weighted by Crippen LogP contribution is 2.32. The van der Waals surface area contributed by atoms with Crippen LogP contribution in [0.5, 0.6) is 0 Å². The minimum Gasteiger partial charge on any atom is -0.748 e. The summed E-state index contributed by atoms with van der Waals surface area (Å²) < 4.78 is 81.5. The van der Waals surface area contributed by atoms with Gasteiger partial charge in [-0.15, -0.1) is 0 Å². The van der Waals surface area contributed by atoms with Gasteiger partial charge in [0.05, 0.1) is 5.25 Å². The maximum atomic E-state index is 12.8. The molecule has 0 spiro atoms. The first kappa shape index (κ1) is 11.7. The van der Waals surface area contributed by atoms with E-state index in [-0.39, 0.29) is 0 Å². The van der Waals surface area contributed by atoms with E-state index in [9.17, 15) is 30.5 Å². The lowest BCUT2D eigenvalue weighted by Gasteiger charge is -2.34. The Balaban J connectivity index is 2.92. The first-order valence-corrected chi connectivity index (χ1v) is 5.23. The van der Waals surface area contributed by atoms with E-state index in [1.54, 1.807) is 0 Å². The quantitative estimate of drug-likeness (QED) is 0.495. The number of hydrogen-bond donors (Lipinski definition) is 0. The second-order valence-corrected chi connectivity index (χ2v) is 4.71. The molecule has 5 unspecified atom stereocenters. The molecule has 0 heterocycles. The van der Waals surface area contributed by atoms with Gasteiger partial charge in [-0.2, -0.15) is 0 Å². The monoisotopic (exact) mass is 235 g/mol. The molecule has 0 amide bonds. The van der Waals surface area contributed by atoms with E-state index in [0.717, 1.165) is 0 Å². The van der Waals surface area contributed by atoms with Crippen LogP contribution in [0.1, 0.15) is 6.42 Å². The summed E-state index contributed by atoms with van der Waals surface area (Å²) in [5.74, 6) is 0. The molecule has 5 atom stereocenters. The summed E-state index contributed by atoms with van der Waals surface area (Å²) in [4.78, 5) is 0. The predicted octanol–water partition coefficient (Wildman–Crippen LogP) is 0.656. The summed E-state index contributed by atoms with van der Waals surface area (Å²) >= 11 is 0. The maximum Gasteiger partial charge on any atom is 0.166 e. The van der Waals surface area contributed by atoms with Crippen LogP contribution in [0, 0.1) is 0 Å². The minimum absolute atomic E-state index is 1.13. The summed E-state index contributed by atoms with van der Waals surface area (Å²) in [5.41, 5.74) is 0. The molecule has 0 saturated heterocycles. The van der Waals surface area contributed by atoms with Gasteiger partial charge in [-0.05, 0) is 0 Å². The number of halogens is 4. The van der Waals surface area contributed by atoms with Crippen molar-refractivity contribution in [1.82, 2.24) is 0 Å². The molecule has 0 aromatic carbocycles. The Morgan fingerprint density at radius 1 is 1.00 bits per heavy atom. The molecule has 1 rings (SSSR count). The van der Waals surface area contributed by atoms with Crippen molar-refractivity contribution in [2.24, 2.45) is 0 Å². The summed E-state index contributed by atoms with van der Waals surface area (Å²) in [6.07, 6.45) is -12.0. The Labute approximate surface area is 77.8 Å². The molecule has 84 valence electrons. The standard InChI is InChI=1S/C6H8F4O3S/c7-2-1-3(14(11,12)13)5(9)6(10)4(2)8/h2-6H,1H2,(H,11,12,13)/p-1. The van der Waals surface area contributed by atoms with Gasteiger partial charge in [0.15, 0.2) is 12.3 Å². The van der Waals surface area contributed by atoms with Crippen molar-refractivity contribution in [2.75, 3.05) is 0 Å². The van der Waals surface area contributed by atoms with Crippen LogP contribution in [0.3, 0.4) is 0 Å². The van der Waals surface area contributed by atoms with Crippen LogP contribution in [0.2, 0.25) is 0 Å². The molecule has 1 saturated carbocycles. The molecule has 1 aliphatic carbocycles. The Hall–Kier alpha value is -0.370. The smallest absolute Gasteiger partial charge is 0.166 e. The summed E-state index contributed by atoms with van der Waals surface area (Å²) in [7, 11) is -5.14. The Morgan fingerprint density at radius 3 is 1.93 bits per heavy atom. The van der Waals surface area contributed by atoms with E-state index in [0.29, 0.717) is 0 Å². The van der Waals surface area contributed by atoms with Crippen LogP contribution in [-0.2, 0) is 10.1 Å². The van der Waals surface area contributed by atoms with Crippen LogP contribution in [-0.4, -0.2) is 42.9 Å². The van der Waals surface area contributed by atoms with E-state index >= 15 is 0 Å². The van der Waals surface area contributed by atoms with E-state index in [1.807, 2.05) is 0 Å². The third-order valence-electron chi connectivity index (χ3n) is 2.14. The van der Waals surface area contributed by atoms with Crippen molar-refractivity contribution in [3.8, 4) is 0 Å². The van der Waals surface area contributed by atoms with Crippen LogP contribution in [0.15, 0.2) is 0 Å². The van der Waals surface area contributed by atoms with Crippen molar-refractivity contribution in [1.29, 1.82) is 0 Å². The highest BCUT2D eigenvalue weighted by molar-refractivity contribution is 7.86. The van der Waals surface area contributed by atoms with Crippen LogP contribution in [0.25, 0.3) is 0 Å². The maximum absolute atomic E-state index is 12.8. The highest BCUT2D eigenvalue weighted by atomic mass is 32.2. The SMILES string of the molecule is O=S(=O)([O-])C1CC(F)C(F)C(F)C1F. The number of rotatable bonds is 1. The van der Waals surface area contributed by atoms with E-state index in [2.05, 4.69) is 0 Å². The van der Waals surface area contributed by atoms with Gasteiger partial charge in [0.25, 0.3) is 0 Å². The molecule has 0 aliphatic heterocycles. The van der Waals surface area contributed by atoms with Crippen molar-refractivity contribution in [3.63, 3.8) is 0 Å². The molecule has 1 fully saturated rings. The highest BCUT2D eigenvalue weighted by Gasteiger charge is 2.49. The molecular weight excluding hydrogens is 228 g/mol. The third kappa shape index (κ3) is 2.00. The number of hydrogen-bond acceptors (Lipinski definition) is 3. The van der Waals surface area contributed by atoms with Gasteiger partial charge >= 0.3 is 0 Å². The normalized spacial score (nSPS) is 45.1. The zero-order valence-corrected chi connectivity index (χ0v) is 7.56. The molecule has 0 aromatic heterocycles. The fourth-order valence-electron chi connectivity index (χ4n) is 1.34. The lowest BCUT2D eigenvalue weighted by molar-refractivity contribution is -0.00706. The Bertz CT molecular complexity index is 306. The second kappa shape index (κ2) is 3.65. The van der Waals surface area contributed by atoms with E-state index in [4.69, 9.17) is 0 Å². The predicted molar refractivity (Wildman–Crippen MR) is 37.7 cm³/mol. The van der Waals surface area contributed by atoms with Gasteiger partial charge in [0.1, 0.15) is 22.5 Å². The summed E-state index contributed by atoms with van der Waals surface area (Å²) in [6.45, 7) is 0. The van der Waals surface area contributed by atoms with Crippen LogP contribution in [0.4, 0.5) is 17.6 Å².